The highest BCUT2D eigenvalue weighted by Crippen LogP contribution is 2.50. The summed E-state index contributed by atoms with van der Waals surface area (Å²) in [5.74, 6) is 0.0421. The molecule has 0 saturated carbocycles. The summed E-state index contributed by atoms with van der Waals surface area (Å²) in [7, 11) is -2.41. The summed E-state index contributed by atoms with van der Waals surface area (Å²) in [6.07, 6.45) is 4.27. The maximum absolute atomic E-state index is 13.8. The number of nitriles is 2. The zero-order valence-electron chi connectivity index (χ0n) is 30.5. The van der Waals surface area contributed by atoms with Crippen molar-refractivity contribution < 1.29 is 23.8 Å². The summed E-state index contributed by atoms with van der Waals surface area (Å²) < 4.78 is 17.9. The van der Waals surface area contributed by atoms with Crippen molar-refractivity contribution in [2.75, 3.05) is 74.8 Å². The largest absolute Gasteiger partial charge is 0.441 e. The van der Waals surface area contributed by atoms with Crippen LogP contribution in [-0.2, 0) is 19.8 Å². The molecule has 10 nitrogen and oxygen atoms in total. The van der Waals surface area contributed by atoms with Crippen molar-refractivity contribution in [2.24, 2.45) is 11.8 Å². The van der Waals surface area contributed by atoms with Crippen LogP contribution in [0.5, 0.6) is 0 Å². The van der Waals surface area contributed by atoms with Gasteiger partial charge in [0.25, 0.3) is 5.91 Å². The van der Waals surface area contributed by atoms with Gasteiger partial charge in [-0.2, -0.15) is 10.5 Å². The van der Waals surface area contributed by atoms with Crippen molar-refractivity contribution in [1.29, 1.82) is 10.5 Å². The lowest BCUT2D eigenvalue weighted by molar-refractivity contribution is 0.0255. The number of ether oxygens (including phenoxy) is 3. The number of fused-ring (bicyclic) bond motifs is 6. The van der Waals surface area contributed by atoms with E-state index in [-0.39, 0.29) is 17.7 Å². The van der Waals surface area contributed by atoms with Crippen LogP contribution in [0.2, 0.25) is 13.1 Å². The fourth-order valence-corrected chi connectivity index (χ4v) is 11.4. The van der Waals surface area contributed by atoms with Crippen LogP contribution in [0.15, 0.2) is 54.6 Å². The van der Waals surface area contributed by atoms with Gasteiger partial charge in [0.15, 0.2) is 5.60 Å². The molecule has 3 aromatic carbocycles. The van der Waals surface area contributed by atoms with Crippen LogP contribution in [0.3, 0.4) is 0 Å². The van der Waals surface area contributed by atoms with Crippen LogP contribution < -0.4 is 25.5 Å². The van der Waals surface area contributed by atoms with Gasteiger partial charge >= 0.3 is 5.97 Å². The molecule has 0 atom stereocenters. The van der Waals surface area contributed by atoms with Crippen LogP contribution in [0.1, 0.15) is 63.1 Å². The van der Waals surface area contributed by atoms with Gasteiger partial charge in [0.05, 0.1) is 49.4 Å². The molecule has 1 N–H and O–H groups in total. The molecule has 0 radical (unpaired) electrons. The Kier molecular flexibility index (Phi) is 10.8. The lowest BCUT2D eigenvalue weighted by atomic mass is 9.78. The molecular formula is C41H46ClN5O5Si. The highest BCUT2D eigenvalue weighted by atomic mass is 35.5. The van der Waals surface area contributed by atoms with Crippen LogP contribution in [0, 0.1) is 34.5 Å². The molecule has 0 aromatic heterocycles. The zero-order chi connectivity index (χ0) is 37.2. The third kappa shape index (κ3) is 6.92. The number of alkyl halides is 1. The maximum atomic E-state index is 13.8. The first-order chi connectivity index (χ1) is 25.7. The fourth-order valence-electron chi connectivity index (χ4n) is 8.06. The number of anilines is 2. The van der Waals surface area contributed by atoms with Gasteiger partial charge in [-0.05, 0) is 65.7 Å². The third-order valence-electron chi connectivity index (χ3n) is 11.2. The normalized spacial score (nSPS) is 17.9. The van der Waals surface area contributed by atoms with Gasteiger partial charge in [0.1, 0.15) is 8.07 Å². The first-order valence-electron chi connectivity index (χ1n) is 18.7. The van der Waals surface area contributed by atoms with E-state index >= 15 is 0 Å². The number of nitrogens with zero attached hydrogens (tertiary/aromatic N) is 4. The van der Waals surface area contributed by atoms with Gasteiger partial charge in [-0.1, -0.05) is 38.1 Å². The Labute approximate surface area is 317 Å². The smallest absolute Gasteiger partial charge is 0.340 e. The summed E-state index contributed by atoms with van der Waals surface area (Å²) in [5.41, 5.74) is 4.22. The molecule has 0 bridgehead atoms. The SMILES string of the molecule is C[Si]1(C)c2cc(N3CC(C#N)C3)ccc2C2(OC(=O)c3ccc(C(=O)NCCOCCOCCCCCCCl)cc32)c2ccc(N3CC(C#N)C3)cc21. The van der Waals surface area contributed by atoms with E-state index in [0.717, 1.165) is 58.6 Å². The number of hydrogen-bond acceptors (Lipinski definition) is 9. The van der Waals surface area contributed by atoms with Crippen LogP contribution in [0.25, 0.3) is 0 Å². The molecule has 1 spiro atoms. The topological polar surface area (TPSA) is 128 Å². The summed E-state index contributed by atoms with van der Waals surface area (Å²) >= 11 is 5.72. The van der Waals surface area contributed by atoms with E-state index in [9.17, 15) is 20.1 Å². The van der Waals surface area contributed by atoms with E-state index in [2.05, 4.69) is 76.7 Å². The molecule has 4 heterocycles. The molecule has 1 amide bonds. The molecule has 2 saturated heterocycles. The molecule has 2 fully saturated rings. The first-order valence-corrected chi connectivity index (χ1v) is 22.2. The van der Waals surface area contributed by atoms with Crippen LogP contribution in [0.4, 0.5) is 11.4 Å². The average molecular weight is 752 g/mol. The molecule has 53 heavy (non-hydrogen) atoms. The van der Waals surface area contributed by atoms with Crippen molar-refractivity contribution in [3.8, 4) is 12.1 Å². The van der Waals surface area contributed by atoms with Crippen LogP contribution >= 0.6 is 11.6 Å². The highest BCUT2D eigenvalue weighted by Gasteiger charge is 2.56. The van der Waals surface area contributed by atoms with E-state index in [4.69, 9.17) is 25.8 Å². The molecule has 4 aliphatic heterocycles. The number of carbonyl (C=O) groups excluding carboxylic acids is 2. The summed E-state index contributed by atoms with van der Waals surface area (Å²) in [5, 5.41) is 24.1. The Morgan fingerprint density at radius 2 is 1.42 bits per heavy atom. The fraction of sp³-hybridized carbons (Fsp3) is 0.463. The first kappa shape index (κ1) is 36.9. The number of rotatable bonds is 15. The van der Waals surface area contributed by atoms with E-state index in [1.54, 1.807) is 12.1 Å². The molecule has 3 aromatic rings. The predicted octanol–water partition coefficient (Wildman–Crippen LogP) is 4.77. The maximum Gasteiger partial charge on any atom is 0.340 e. The highest BCUT2D eigenvalue weighted by molar-refractivity contribution is 7.01. The second-order valence-corrected chi connectivity index (χ2v) is 19.7. The van der Waals surface area contributed by atoms with Crippen molar-refractivity contribution >= 4 is 53.3 Å². The Hall–Kier alpha value is -4.39. The van der Waals surface area contributed by atoms with Gasteiger partial charge in [0, 0.05) is 78.8 Å². The van der Waals surface area contributed by atoms with Gasteiger partial charge in [-0.3, -0.25) is 4.79 Å². The van der Waals surface area contributed by atoms with E-state index in [0.29, 0.717) is 81.7 Å². The summed E-state index contributed by atoms with van der Waals surface area (Å²) in [6.45, 7) is 9.73. The minimum atomic E-state index is -2.41. The summed E-state index contributed by atoms with van der Waals surface area (Å²) in [6, 6.07) is 22.7. The van der Waals surface area contributed by atoms with Gasteiger partial charge in [-0.25, -0.2) is 4.79 Å². The predicted molar refractivity (Wildman–Crippen MR) is 207 cm³/mol. The van der Waals surface area contributed by atoms with Crippen molar-refractivity contribution in [3.63, 3.8) is 0 Å². The third-order valence-corrected chi connectivity index (χ3v) is 15.0. The molecule has 12 heteroatoms. The number of halogens is 1. The molecule has 4 aliphatic rings. The minimum absolute atomic E-state index is 0.0130. The van der Waals surface area contributed by atoms with Gasteiger partial charge in [0.2, 0.25) is 0 Å². The molecule has 0 unspecified atom stereocenters. The van der Waals surface area contributed by atoms with Gasteiger partial charge in [-0.15, -0.1) is 11.6 Å². The molecular weight excluding hydrogens is 706 g/mol. The molecule has 0 aliphatic carbocycles. The Bertz CT molecular complexity index is 1880. The second-order valence-electron chi connectivity index (χ2n) is 15.0. The number of benzene rings is 3. The number of esters is 1. The Morgan fingerprint density at radius 1 is 0.830 bits per heavy atom. The van der Waals surface area contributed by atoms with Gasteiger partial charge < -0.3 is 29.3 Å². The number of nitrogens with one attached hydrogen (secondary N) is 1. The van der Waals surface area contributed by atoms with Crippen molar-refractivity contribution in [1.82, 2.24) is 5.32 Å². The van der Waals surface area contributed by atoms with E-state index in [1.807, 2.05) is 6.07 Å². The number of amides is 1. The van der Waals surface area contributed by atoms with Crippen molar-refractivity contribution in [2.45, 2.75) is 44.4 Å². The molecule has 7 rings (SSSR count). The Balaban J connectivity index is 1.14. The monoisotopic (exact) mass is 751 g/mol. The quantitative estimate of drug-likeness (QED) is 0.101. The zero-order valence-corrected chi connectivity index (χ0v) is 32.2. The average Bonchev–Trinajstić information content (AvgIpc) is 3.42. The minimum Gasteiger partial charge on any atom is -0.441 e. The lowest BCUT2D eigenvalue weighted by Gasteiger charge is -2.46. The van der Waals surface area contributed by atoms with E-state index in [1.165, 1.54) is 0 Å². The standard InChI is InChI=1S/C41H46ClN5O5Si/c1-53(2)37-20-31(46-24-28(22-43)25-46)8-11-34(37)41(35-12-9-32(21-38(35)53)47-26-29(23-44)27-47)36-19-30(7-10-33(36)40(49)52-41)39(48)45-14-16-51-18-17-50-15-6-4-3-5-13-42/h7-12,19-21,28-29H,3-6,13-18,24-27H2,1-2H3,(H,45,48). The van der Waals surface area contributed by atoms with Crippen LogP contribution in [-0.4, -0.2) is 85.0 Å². The summed E-state index contributed by atoms with van der Waals surface area (Å²) in [4.78, 5) is 31.7. The second kappa shape index (κ2) is 15.5. The molecule has 276 valence electrons. The number of unbranched alkanes of at least 4 members (excludes halogenated alkanes) is 3. The number of carbonyl (C=O) groups is 2. The lowest BCUT2D eigenvalue weighted by Crippen LogP contribution is -2.63. The number of hydrogen-bond donors (Lipinski definition) is 1. The van der Waals surface area contributed by atoms with Crippen molar-refractivity contribution in [3.05, 3.63) is 82.4 Å². The van der Waals surface area contributed by atoms with E-state index < -0.39 is 19.6 Å². The Morgan fingerprint density at radius 3 is 2.00 bits per heavy atom.